The maximum Gasteiger partial charge on any atom is 0.134 e. The molecule has 0 fully saturated rings. The van der Waals surface area contributed by atoms with Crippen molar-refractivity contribution in [2.24, 2.45) is 0 Å². The summed E-state index contributed by atoms with van der Waals surface area (Å²) in [4.78, 5) is 4.54. The van der Waals surface area contributed by atoms with E-state index in [0.717, 1.165) is 28.8 Å². The molecule has 0 aliphatic rings. The van der Waals surface area contributed by atoms with E-state index in [-0.39, 0.29) is 0 Å². The van der Waals surface area contributed by atoms with Crippen molar-refractivity contribution in [2.75, 3.05) is 0 Å². The molecule has 3 aromatic rings. The smallest absolute Gasteiger partial charge is 0.134 e. The molecular weight excluding hydrogens is 302 g/mol. The minimum atomic E-state index is 0.861. The highest BCUT2D eigenvalue weighted by atomic mass is 79.9. The minimum Gasteiger partial charge on any atom is -0.224 e. The van der Waals surface area contributed by atoms with Gasteiger partial charge in [-0.15, -0.1) is 0 Å². The first kappa shape index (κ1) is 12.4. The van der Waals surface area contributed by atoms with Gasteiger partial charge in [0.15, 0.2) is 0 Å². The van der Waals surface area contributed by atoms with E-state index in [1.807, 2.05) is 16.6 Å². The van der Waals surface area contributed by atoms with Gasteiger partial charge in [-0.2, -0.15) is 5.10 Å². The highest BCUT2D eigenvalue weighted by Crippen LogP contribution is 2.18. The quantitative estimate of drug-likeness (QED) is 0.739. The van der Waals surface area contributed by atoms with Crippen LogP contribution in [0.1, 0.15) is 17.0 Å². The molecule has 0 unspecified atom stereocenters. The number of fused-ring (bicyclic) bond motifs is 1. The van der Waals surface area contributed by atoms with Crippen molar-refractivity contribution in [3.8, 4) is 0 Å². The van der Waals surface area contributed by atoms with Gasteiger partial charge in [-0.25, -0.2) is 9.50 Å². The average Bonchev–Trinajstić information content (AvgIpc) is 2.74. The summed E-state index contributed by atoms with van der Waals surface area (Å²) in [7, 11) is 0. The van der Waals surface area contributed by atoms with Crippen LogP contribution in [0.4, 0.5) is 0 Å². The Hall–Kier alpha value is -1.68. The molecule has 96 valence electrons. The topological polar surface area (TPSA) is 30.2 Å². The van der Waals surface area contributed by atoms with Crippen LogP contribution in [0, 0.1) is 6.92 Å². The molecule has 0 aliphatic heterocycles. The van der Waals surface area contributed by atoms with E-state index >= 15 is 0 Å². The second-order valence-electron chi connectivity index (χ2n) is 4.63. The molecule has 0 amide bonds. The summed E-state index contributed by atoms with van der Waals surface area (Å²) < 4.78 is 2.76. The third kappa shape index (κ3) is 2.54. The maximum atomic E-state index is 4.54. The van der Waals surface area contributed by atoms with Crippen LogP contribution in [0.2, 0.25) is 0 Å². The Bertz CT molecular complexity index is 718. The van der Waals surface area contributed by atoms with E-state index in [0.29, 0.717) is 0 Å². The fourth-order valence-electron chi connectivity index (χ4n) is 2.24. The van der Waals surface area contributed by atoms with Crippen LogP contribution in [0.3, 0.4) is 0 Å². The van der Waals surface area contributed by atoms with E-state index in [1.54, 1.807) is 6.20 Å². The number of imidazole rings is 1. The Morgan fingerprint density at radius 3 is 2.89 bits per heavy atom. The Morgan fingerprint density at radius 2 is 2.05 bits per heavy atom. The van der Waals surface area contributed by atoms with Gasteiger partial charge in [-0.3, -0.25) is 0 Å². The zero-order valence-electron chi connectivity index (χ0n) is 10.7. The van der Waals surface area contributed by atoms with Crippen molar-refractivity contribution in [1.82, 2.24) is 14.6 Å². The molecule has 0 aliphatic carbocycles. The van der Waals surface area contributed by atoms with Gasteiger partial charge in [0.1, 0.15) is 10.4 Å². The zero-order valence-corrected chi connectivity index (χ0v) is 12.3. The van der Waals surface area contributed by atoms with Crippen LogP contribution < -0.4 is 0 Å². The van der Waals surface area contributed by atoms with Gasteiger partial charge in [0.05, 0.1) is 5.52 Å². The molecule has 0 saturated heterocycles. The SMILES string of the molecule is Cc1cccc(CCc2nc(Br)c3cccnn23)c1. The van der Waals surface area contributed by atoms with Gasteiger partial charge >= 0.3 is 0 Å². The monoisotopic (exact) mass is 315 g/mol. The lowest BCUT2D eigenvalue weighted by Gasteiger charge is -2.02. The first-order valence-electron chi connectivity index (χ1n) is 6.28. The molecular formula is C15H14BrN3. The molecule has 4 heteroatoms. The van der Waals surface area contributed by atoms with E-state index < -0.39 is 0 Å². The number of halogens is 1. The summed E-state index contributed by atoms with van der Waals surface area (Å²) in [6, 6.07) is 12.5. The highest BCUT2D eigenvalue weighted by molar-refractivity contribution is 9.10. The summed E-state index contributed by atoms with van der Waals surface area (Å²) in [5.74, 6) is 0.990. The van der Waals surface area contributed by atoms with Gasteiger partial charge < -0.3 is 0 Å². The summed E-state index contributed by atoms with van der Waals surface area (Å²) >= 11 is 3.48. The lowest BCUT2D eigenvalue weighted by Crippen LogP contribution is -2.00. The molecule has 0 saturated carbocycles. The van der Waals surface area contributed by atoms with Crippen molar-refractivity contribution in [2.45, 2.75) is 19.8 Å². The van der Waals surface area contributed by atoms with Crippen molar-refractivity contribution in [3.63, 3.8) is 0 Å². The summed E-state index contributed by atoms with van der Waals surface area (Å²) in [5.41, 5.74) is 3.65. The molecule has 2 aromatic heterocycles. The zero-order chi connectivity index (χ0) is 13.2. The Kier molecular flexibility index (Phi) is 3.34. The van der Waals surface area contributed by atoms with Crippen molar-refractivity contribution >= 4 is 21.4 Å². The lowest BCUT2D eigenvalue weighted by molar-refractivity contribution is 0.788. The molecule has 2 heterocycles. The van der Waals surface area contributed by atoms with Gasteiger partial charge in [0.25, 0.3) is 0 Å². The number of benzene rings is 1. The first-order chi connectivity index (χ1) is 9.24. The predicted molar refractivity (Wildman–Crippen MR) is 79.3 cm³/mol. The summed E-state index contributed by atoms with van der Waals surface area (Å²) in [6.45, 7) is 2.12. The van der Waals surface area contributed by atoms with E-state index in [1.165, 1.54) is 11.1 Å². The number of hydrogen-bond acceptors (Lipinski definition) is 2. The fourth-order valence-corrected chi connectivity index (χ4v) is 2.74. The minimum absolute atomic E-state index is 0.861. The Morgan fingerprint density at radius 1 is 1.16 bits per heavy atom. The van der Waals surface area contributed by atoms with E-state index in [9.17, 15) is 0 Å². The molecule has 19 heavy (non-hydrogen) atoms. The van der Waals surface area contributed by atoms with Crippen LogP contribution >= 0.6 is 15.9 Å². The molecule has 0 atom stereocenters. The van der Waals surface area contributed by atoms with Crippen LogP contribution in [-0.4, -0.2) is 14.6 Å². The normalized spacial score (nSPS) is 11.1. The third-order valence-corrected chi connectivity index (χ3v) is 3.74. The number of hydrogen-bond donors (Lipinski definition) is 0. The standard InChI is InChI=1S/C15H14BrN3/c1-11-4-2-5-12(10-11)7-8-14-18-15(16)13-6-3-9-17-19(13)14/h2-6,9-10H,7-8H2,1H3. The fraction of sp³-hybridized carbons (Fsp3) is 0.200. The van der Waals surface area contributed by atoms with Crippen molar-refractivity contribution in [1.29, 1.82) is 0 Å². The Labute approximate surface area is 120 Å². The van der Waals surface area contributed by atoms with Crippen molar-refractivity contribution in [3.05, 3.63) is 64.1 Å². The molecule has 0 radical (unpaired) electrons. The maximum absolute atomic E-state index is 4.54. The Balaban J connectivity index is 1.86. The molecule has 1 aromatic carbocycles. The highest BCUT2D eigenvalue weighted by Gasteiger charge is 2.09. The van der Waals surface area contributed by atoms with Crippen molar-refractivity contribution < 1.29 is 0 Å². The first-order valence-corrected chi connectivity index (χ1v) is 7.07. The molecule has 0 spiro atoms. The largest absolute Gasteiger partial charge is 0.224 e. The van der Waals surface area contributed by atoms with Crippen LogP contribution in [0.15, 0.2) is 47.2 Å². The number of nitrogens with zero attached hydrogens (tertiary/aromatic N) is 3. The van der Waals surface area contributed by atoms with Crippen LogP contribution in [-0.2, 0) is 12.8 Å². The number of rotatable bonds is 3. The van der Waals surface area contributed by atoms with Gasteiger partial charge in [0, 0.05) is 12.6 Å². The van der Waals surface area contributed by atoms with Crippen LogP contribution in [0.25, 0.3) is 5.52 Å². The van der Waals surface area contributed by atoms with Gasteiger partial charge in [0.2, 0.25) is 0 Å². The second kappa shape index (κ2) is 5.13. The van der Waals surface area contributed by atoms with Gasteiger partial charge in [-0.05, 0) is 47.0 Å². The number of aromatic nitrogens is 3. The average molecular weight is 316 g/mol. The molecule has 0 N–H and O–H groups in total. The summed E-state index contributed by atoms with van der Waals surface area (Å²) in [6.07, 6.45) is 3.65. The van der Waals surface area contributed by atoms with E-state index in [2.05, 4.69) is 57.2 Å². The molecule has 0 bridgehead atoms. The van der Waals surface area contributed by atoms with Crippen LogP contribution in [0.5, 0.6) is 0 Å². The molecule has 3 nitrogen and oxygen atoms in total. The predicted octanol–water partition coefficient (Wildman–Crippen LogP) is 3.59. The van der Waals surface area contributed by atoms with Gasteiger partial charge in [-0.1, -0.05) is 29.8 Å². The summed E-state index contributed by atoms with van der Waals surface area (Å²) in [5, 5.41) is 4.36. The lowest BCUT2D eigenvalue weighted by atomic mass is 10.1. The molecule has 3 rings (SSSR count). The third-order valence-electron chi connectivity index (χ3n) is 3.15. The van der Waals surface area contributed by atoms with E-state index in [4.69, 9.17) is 0 Å². The second-order valence-corrected chi connectivity index (χ2v) is 5.38. The number of aryl methyl sites for hydroxylation is 3.